The molecular formula is C25H19F2N5O5. The standard InChI is InChI=1S/C25H19F2N5O5/c26-14-1-4-16(5-2-14)31-7-8-32(25(31)36)24(35)30-15-3-6-20(19(27)10-15)37-17-9-13-12-29-23(34)21(13)18(11-17)22(28)33/h1-6,9-11H,7-8,12H2,(H2,28,33)(H,29,34)(H,30,35). The zero-order valence-electron chi connectivity index (χ0n) is 19.1. The summed E-state index contributed by atoms with van der Waals surface area (Å²) in [6.07, 6.45) is 0. The van der Waals surface area contributed by atoms with Gasteiger partial charge < -0.3 is 21.1 Å². The average molecular weight is 507 g/mol. The molecule has 12 heteroatoms. The Labute approximate surface area is 208 Å². The summed E-state index contributed by atoms with van der Waals surface area (Å²) >= 11 is 0. The Balaban J connectivity index is 1.28. The number of nitrogens with zero attached hydrogens (tertiary/aromatic N) is 2. The van der Waals surface area contributed by atoms with Crippen LogP contribution < -0.4 is 26.0 Å². The third kappa shape index (κ3) is 4.51. The molecule has 0 unspecified atom stereocenters. The Morgan fingerprint density at radius 3 is 2.46 bits per heavy atom. The lowest BCUT2D eigenvalue weighted by Gasteiger charge is -2.18. The lowest BCUT2D eigenvalue weighted by atomic mass is 10.0. The fourth-order valence-electron chi connectivity index (χ4n) is 4.16. The van der Waals surface area contributed by atoms with Gasteiger partial charge in [0.25, 0.3) is 5.91 Å². The number of hydrogen-bond donors (Lipinski definition) is 3. The Kier molecular flexibility index (Phi) is 5.91. The normalized spacial score (nSPS) is 14.4. The Bertz CT molecular complexity index is 1460. The van der Waals surface area contributed by atoms with Crippen LogP contribution >= 0.6 is 0 Å². The van der Waals surface area contributed by atoms with Crippen molar-refractivity contribution in [3.63, 3.8) is 0 Å². The number of amides is 6. The predicted octanol–water partition coefficient (Wildman–Crippen LogP) is 3.57. The van der Waals surface area contributed by atoms with E-state index in [0.717, 1.165) is 11.0 Å². The van der Waals surface area contributed by atoms with Crippen molar-refractivity contribution in [2.75, 3.05) is 23.3 Å². The van der Waals surface area contributed by atoms with Gasteiger partial charge in [-0.15, -0.1) is 0 Å². The van der Waals surface area contributed by atoms with E-state index in [1.54, 1.807) is 0 Å². The third-order valence-electron chi connectivity index (χ3n) is 5.93. The number of urea groups is 2. The van der Waals surface area contributed by atoms with Crippen molar-refractivity contribution >= 4 is 35.3 Å². The zero-order chi connectivity index (χ0) is 26.3. The maximum absolute atomic E-state index is 14.8. The first-order valence-corrected chi connectivity index (χ1v) is 11.1. The summed E-state index contributed by atoms with van der Waals surface area (Å²) in [6.45, 7) is 0.477. The second kappa shape index (κ2) is 9.22. The number of rotatable bonds is 5. The lowest BCUT2D eigenvalue weighted by Crippen LogP contribution is -2.39. The van der Waals surface area contributed by atoms with Gasteiger partial charge >= 0.3 is 12.1 Å². The molecule has 1 saturated heterocycles. The van der Waals surface area contributed by atoms with E-state index in [1.807, 2.05) is 0 Å². The molecule has 2 aliphatic rings. The topological polar surface area (TPSA) is 134 Å². The molecule has 1 fully saturated rings. The van der Waals surface area contributed by atoms with Gasteiger partial charge in [-0.3, -0.25) is 14.5 Å². The lowest BCUT2D eigenvalue weighted by molar-refractivity contribution is 0.0947. The molecule has 0 spiro atoms. The Morgan fingerprint density at radius 1 is 1.00 bits per heavy atom. The molecule has 4 N–H and O–H groups in total. The number of fused-ring (bicyclic) bond motifs is 1. The van der Waals surface area contributed by atoms with Crippen LogP contribution in [0.4, 0.5) is 29.7 Å². The van der Waals surface area contributed by atoms with Gasteiger partial charge in [0.2, 0.25) is 5.91 Å². The van der Waals surface area contributed by atoms with Gasteiger partial charge in [0.05, 0.1) is 17.7 Å². The Hall–Kier alpha value is -5.00. The summed E-state index contributed by atoms with van der Waals surface area (Å²) in [5.74, 6) is -2.64. The quantitative estimate of drug-likeness (QED) is 0.486. The van der Waals surface area contributed by atoms with Gasteiger partial charge in [0.15, 0.2) is 11.6 Å². The van der Waals surface area contributed by atoms with Crippen LogP contribution in [-0.2, 0) is 6.54 Å². The van der Waals surface area contributed by atoms with Gasteiger partial charge in [-0.1, -0.05) is 0 Å². The fraction of sp³-hybridized carbons (Fsp3) is 0.120. The number of imide groups is 1. The SMILES string of the molecule is NC(=O)c1cc(Oc2ccc(NC(=O)N3CCN(c4ccc(F)cc4)C3=O)cc2F)cc2c1C(=O)NC2. The number of carbonyl (C=O) groups excluding carboxylic acids is 4. The van der Waals surface area contributed by atoms with Gasteiger partial charge in [-0.2, -0.15) is 0 Å². The van der Waals surface area contributed by atoms with Crippen molar-refractivity contribution in [2.45, 2.75) is 6.54 Å². The first-order chi connectivity index (χ1) is 17.7. The van der Waals surface area contributed by atoms with Crippen LogP contribution in [0.1, 0.15) is 26.3 Å². The molecule has 2 heterocycles. The predicted molar refractivity (Wildman–Crippen MR) is 127 cm³/mol. The molecule has 0 bridgehead atoms. The molecule has 188 valence electrons. The summed E-state index contributed by atoms with van der Waals surface area (Å²) in [7, 11) is 0. The minimum Gasteiger partial charge on any atom is -0.454 e. The first kappa shape index (κ1) is 23.7. The fourth-order valence-corrected chi connectivity index (χ4v) is 4.16. The van der Waals surface area contributed by atoms with E-state index < -0.39 is 35.5 Å². The van der Waals surface area contributed by atoms with Crippen molar-refractivity contribution in [1.29, 1.82) is 0 Å². The average Bonchev–Trinajstić information content (AvgIpc) is 3.43. The minimum absolute atomic E-state index is 0.0447. The van der Waals surface area contributed by atoms with E-state index >= 15 is 0 Å². The molecular weight excluding hydrogens is 488 g/mol. The van der Waals surface area contributed by atoms with Crippen LogP contribution in [0.5, 0.6) is 11.5 Å². The molecule has 2 aliphatic heterocycles. The van der Waals surface area contributed by atoms with Crippen molar-refractivity contribution < 1.29 is 32.7 Å². The number of benzene rings is 3. The van der Waals surface area contributed by atoms with Crippen LogP contribution in [0.2, 0.25) is 0 Å². The van der Waals surface area contributed by atoms with Gasteiger partial charge in [0, 0.05) is 30.5 Å². The van der Waals surface area contributed by atoms with Crippen LogP contribution in [-0.4, -0.2) is 41.9 Å². The molecule has 5 rings (SSSR count). The monoisotopic (exact) mass is 507 g/mol. The summed E-state index contributed by atoms with van der Waals surface area (Å²) in [5, 5.41) is 5.05. The van der Waals surface area contributed by atoms with Crippen LogP contribution in [0.15, 0.2) is 54.6 Å². The number of primary amides is 1. The molecule has 10 nitrogen and oxygen atoms in total. The van der Waals surface area contributed by atoms with E-state index in [9.17, 15) is 28.0 Å². The highest BCUT2D eigenvalue weighted by atomic mass is 19.1. The van der Waals surface area contributed by atoms with E-state index in [0.29, 0.717) is 11.3 Å². The first-order valence-electron chi connectivity index (χ1n) is 11.1. The molecule has 0 aliphatic carbocycles. The van der Waals surface area contributed by atoms with Crippen molar-refractivity contribution in [3.05, 3.63) is 82.9 Å². The number of nitrogens with two attached hydrogens (primary N) is 1. The van der Waals surface area contributed by atoms with E-state index in [1.165, 1.54) is 53.4 Å². The summed E-state index contributed by atoms with van der Waals surface area (Å²) in [5.41, 5.74) is 6.51. The van der Waals surface area contributed by atoms with Gasteiger partial charge in [-0.25, -0.2) is 23.3 Å². The van der Waals surface area contributed by atoms with Crippen molar-refractivity contribution in [3.8, 4) is 11.5 Å². The number of ether oxygens (including phenoxy) is 1. The molecule has 37 heavy (non-hydrogen) atoms. The van der Waals surface area contributed by atoms with Crippen molar-refractivity contribution in [1.82, 2.24) is 10.2 Å². The molecule has 3 aromatic rings. The number of halogens is 2. The number of carbonyl (C=O) groups is 4. The largest absolute Gasteiger partial charge is 0.454 e. The summed E-state index contributed by atoms with van der Waals surface area (Å²) < 4.78 is 33.5. The third-order valence-corrected chi connectivity index (χ3v) is 5.93. The van der Waals surface area contributed by atoms with Crippen LogP contribution in [0, 0.1) is 11.6 Å². The maximum Gasteiger partial charge on any atom is 0.332 e. The molecule has 0 saturated carbocycles. The van der Waals surface area contributed by atoms with Crippen LogP contribution in [0.25, 0.3) is 0 Å². The summed E-state index contributed by atoms with van der Waals surface area (Å²) in [6, 6.07) is 10.4. The highest BCUT2D eigenvalue weighted by molar-refractivity contribution is 6.10. The molecule has 6 amide bonds. The van der Waals surface area contributed by atoms with Crippen molar-refractivity contribution in [2.24, 2.45) is 5.73 Å². The second-order valence-corrected chi connectivity index (χ2v) is 8.29. The zero-order valence-corrected chi connectivity index (χ0v) is 19.1. The van der Waals surface area contributed by atoms with Gasteiger partial charge in [0.1, 0.15) is 11.6 Å². The molecule has 3 aromatic carbocycles. The number of hydrogen-bond acceptors (Lipinski definition) is 5. The molecule has 0 aromatic heterocycles. The van der Waals surface area contributed by atoms with E-state index in [4.69, 9.17) is 10.5 Å². The van der Waals surface area contributed by atoms with Gasteiger partial charge in [-0.05, 0) is 54.1 Å². The molecule has 0 atom stereocenters. The number of anilines is 2. The second-order valence-electron chi connectivity index (χ2n) is 8.29. The number of nitrogens with one attached hydrogen (secondary N) is 2. The Morgan fingerprint density at radius 2 is 1.76 bits per heavy atom. The minimum atomic E-state index is -0.827. The molecule has 0 radical (unpaired) electrons. The highest BCUT2D eigenvalue weighted by Crippen LogP contribution is 2.32. The van der Waals surface area contributed by atoms with Crippen LogP contribution in [0.3, 0.4) is 0 Å². The van der Waals surface area contributed by atoms with E-state index in [2.05, 4.69) is 10.6 Å². The van der Waals surface area contributed by atoms with E-state index in [-0.39, 0.29) is 47.9 Å². The summed E-state index contributed by atoms with van der Waals surface area (Å²) in [4.78, 5) is 51.4. The highest BCUT2D eigenvalue weighted by Gasteiger charge is 2.34. The maximum atomic E-state index is 14.8. The smallest absolute Gasteiger partial charge is 0.332 e.